The molecule has 30 heavy (non-hydrogen) atoms. The monoisotopic (exact) mass is 430 g/mol. The molecule has 158 valence electrons. The SMILES string of the molecule is COc1ccc(S(=O)(=O)N2CCCc3cc(NC(=O)N4CCNC4=O)ccc32)cc1. The average molecular weight is 430 g/mol. The van der Waals surface area contributed by atoms with Crippen LogP contribution in [0.15, 0.2) is 47.4 Å². The highest BCUT2D eigenvalue weighted by atomic mass is 32.2. The molecule has 0 bridgehead atoms. The van der Waals surface area contributed by atoms with Gasteiger partial charge in [-0.2, -0.15) is 0 Å². The van der Waals surface area contributed by atoms with E-state index in [-0.39, 0.29) is 4.90 Å². The van der Waals surface area contributed by atoms with Crippen molar-refractivity contribution in [1.82, 2.24) is 10.2 Å². The Bertz CT molecular complexity index is 1080. The van der Waals surface area contributed by atoms with Crippen molar-refractivity contribution in [3.63, 3.8) is 0 Å². The van der Waals surface area contributed by atoms with Crippen molar-refractivity contribution in [1.29, 1.82) is 0 Å². The summed E-state index contributed by atoms with van der Waals surface area (Å²) < 4.78 is 32.9. The summed E-state index contributed by atoms with van der Waals surface area (Å²) in [5.41, 5.74) is 1.93. The Hall–Kier alpha value is -3.27. The van der Waals surface area contributed by atoms with Gasteiger partial charge < -0.3 is 15.4 Å². The van der Waals surface area contributed by atoms with E-state index < -0.39 is 22.1 Å². The fourth-order valence-corrected chi connectivity index (χ4v) is 5.16. The minimum absolute atomic E-state index is 0.188. The van der Waals surface area contributed by atoms with Crippen LogP contribution in [0.25, 0.3) is 0 Å². The molecule has 2 heterocycles. The number of fused-ring (bicyclic) bond motifs is 1. The number of hydrogen-bond acceptors (Lipinski definition) is 5. The van der Waals surface area contributed by atoms with Crippen LogP contribution in [0.3, 0.4) is 0 Å². The van der Waals surface area contributed by atoms with Crippen LogP contribution in [-0.4, -0.2) is 52.1 Å². The highest BCUT2D eigenvalue weighted by molar-refractivity contribution is 7.92. The fourth-order valence-electron chi connectivity index (χ4n) is 3.62. The van der Waals surface area contributed by atoms with Crippen LogP contribution >= 0.6 is 0 Å². The van der Waals surface area contributed by atoms with Gasteiger partial charge in [0.1, 0.15) is 5.75 Å². The van der Waals surface area contributed by atoms with Crippen LogP contribution in [0.1, 0.15) is 12.0 Å². The third kappa shape index (κ3) is 3.65. The zero-order chi connectivity index (χ0) is 21.3. The molecular formula is C20H22N4O5S. The number of methoxy groups -OCH3 is 1. The summed E-state index contributed by atoms with van der Waals surface area (Å²) in [7, 11) is -2.20. The number of sulfonamides is 1. The molecule has 1 saturated heterocycles. The van der Waals surface area contributed by atoms with Crippen LogP contribution in [0.2, 0.25) is 0 Å². The Morgan fingerprint density at radius 2 is 1.90 bits per heavy atom. The number of carbonyl (C=O) groups excluding carboxylic acids is 2. The number of rotatable bonds is 4. The molecule has 10 heteroatoms. The molecule has 2 aromatic rings. The van der Waals surface area contributed by atoms with Gasteiger partial charge in [0.2, 0.25) is 0 Å². The first-order valence-corrected chi connectivity index (χ1v) is 11.0. The second-order valence-electron chi connectivity index (χ2n) is 7.01. The number of aryl methyl sites for hydroxylation is 1. The molecule has 0 aliphatic carbocycles. The number of hydrogen-bond donors (Lipinski definition) is 2. The summed E-state index contributed by atoms with van der Waals surface area (Å²) in [6.07, 6.45) is 1.35. The van der Waals surface area contributed by atoms with Gasteiger partial charge in [-0.15, -0.1) is 0 Å². The molecule has 2 aliphatic rings. The number of urea groups is 2. The first-order valence-electron chi connectivity index (χ1n) is 9.56. The van der Waals surface area contributed by atoms with E-state index in [1.54, 1.807) is 30.3 Å². The second-order valence-corrected chi connectivity index (χ2v) is 8.88. The Kier molecular flexibility index (Phi) is 5.25. The maximum atomic E-state index is 13.2. The third-order valence-corrected chi connectivity index (χ3v) is 6.98. The van der Waals surface area contributed by atoms with Gasteiger partial charge in [0.15, 0.2) is 0 Å². The second kappa shape index (κ2) is 7.86. The highest BCUT2D eigenvalue weighted by Crippen LogP contribution is 2.34. The van der Waals surface area contributed by atoms with Crippen molar-refractivity contribution in [2.75, 3.05) is 36.4 Å². The molecular weight excluding hydrogens is 408 g/mol. The predicted molar refractivity (Wildman–Crippen MR) is 111 cm³/mol. The van der Waals surface area contributed by atoms with E-state index >= 15 is 0 Å². The molecule has 1 fully saturated rings. The topological polar surface area (TPSA) is 108 Å². The molecule has 0 aromatic heterocycles. The summed E-state index contributed by atoms with van der Waals surface area (Å²) in [6.45, 7) is 1.11. The maximum Gasteiger partial charge on any atom is 0.330 e. The zero-order valence-electron chi connectivity index (χ0n) is 16.4. The number of ether oxygens (including phenoxy) is 1. The van der Waals surface area contributed by atoms with E-state index in [1.807, 2.05) is 0 Å². The lowest BCUT2D eigenvalue weighted by molar-refractivity contribution is 0.207. The van der Waals surface area contributed by atoms with Crippen molar-refractivity contribution < 1.29 is 22.7 Å². The molecule has 0 unspecified atom stereocenters. The van der Waals surface area contributed by atoms with E-state index in [0.717, 1.165) is 10.5 Å². The zero-order valence-corrected chi connectivity index (χ0v) is 17.2. The van der Waals surface area contributed by atoms with Crippen molar-refractivity contribution in [3.05, 3.63) is 48.0 Å². The predicted octanol–water partition coefficient (Wildman–Crippen LogP) is 2.39. The quantitative estimate of drug-likeness (QED) is 0.774. The van der Waals surface area contributed by atoms with Crippen molar-refractivity contribution in [2.24, 2.45) is 0 Å². The van der Waals surface area contributed by atoms with Crippen molar-refractivity contribution in [3.8, 4) is 5.75 Å². The Morgan fingerprint density at radius 1 is 1.13 bits per heavy atom. The largest absolute Gasteiger partial charge is 0.497 e. The fraction of sp³-hybridized carbons (Fsp3) is 0.300. The van der Waals surface area contributed by atoms with E-state index in [0.29, 0.717) is 49.6 Å². The van der Waals surface area contributed by atoms with Crippen molar-refractivity contribution >= 4 is 33.5 Å². The van der Waals surface area contributed by atoms with E-state index in [9.17, 15) is 18.0 Å². The third-order valence-electron chi connectivity index (χ3n) is 5.16. The van der Waals surface area contributed by atoms with Crippen LogP contribution in [0.5, 0.6) is 5.75 Å². The molecule has 0 saturated carbocycles. The number of imide groups is 1. The minimum atomic E-state index is -3.73. The lowest BCUT2D eigenvalue weighted by Gasteiger charge is -2.31. The van der Waals surface area contributed by atoms with Crippen LogP contribution in [0, 0.1) is 0 Å². The summed E-state index contributed by atoms with van der Waals surface area (Å²) in [5, 5.41) is 5.28. The standard InChI is InChI=1S/C20H22N4O5S/c1-29-16-5-7-17(8-6-16)30(27,28)24-11-2-3-14-13-15(4-9-18(14)24)22-20(26)23-12-10-21-19(23)25/h4-9,13H,2-3,10-12H2,1H3,(H,21,25)(H,22,26). The van der Waals surface area contributed by atoms with E-state index in [1.165, 1.54) is 23.5 Å². The number of benzene rings is 2. The van der Waals surface area contributed by atoms with Gasteiger partial charge in [-0.25, -0.2) is 22.9 Å². The number of nitrogens with one attached hydrogen (secondary N) is 2. The molecule has 0 atom stereocenters. The highest BCUT2D eigenvalue weighted by Gasteiger charge is 2.30. The Balaban J connectivity index is 1.58. The van der Waals surface area contributed by atoms with Gasteiger partial charge in [-0.1, -0.05) is 0 Å². The van der Waals surface area contributed by atoms with Gasteiger partial charge in [-0.05, 0) is 60.9 Å². The molecule has 2 aromatic carbocycles. The van der Waals surface area contributed by atoms with Crippen LogP contribution in [-0.2, 0) is 16.4 Å². The van der Waals surface area contributed by atoms with Crippen LogP contribution in [0.4, 0.5) is 21.0 Å². The number of amides is 4. The summed E-state index contributed by atoms with van der Waals surface area (Å²) in [4.78, 5) is 25.2. The lowest BCUT2D eigenvalue weighted by Crippen LogP contribution is -2.37. The van der Waals surface area contributed by atoms with Gasteiger partial charge in [-0.3, -0.25) is 4.31 Å². The van der Waals surface area contributed by atoms with E-state index in [2.05, 4.69) is 10.6 Å². The summed E-state index contributed by atoms with van der Waals surface area (Å²) in [6, 6.07) is 10.4. The van der Waals surface area contributed by atoms with Gasteiger partial charge in [0.25, 0.3) is 10.0 Å². The Labute approximate surface area is 174 Å². The lowest BCUT2D eigenvalue weighted by atomic mass is 10.0. The maximum absolute atomic E-state index is 13.2. The first kappa shape index (κ1) is 20.0. The van der Waals surface area contributed by atoms with Gasteiger partial charge in [0, 0.05) is 25.3 Å². The minimum Gasteiger partial charge on any atom is -0.497 e. The van der Waals surface area contributed by atoms with Gasteiger partial charge in [0.05, 0.1) is 17.7 Å². The normalized spacial score (nSPS) is 16.1. The first-order chi connectivity index (χ1) is 14.4. The number of nitrogens with zero attached hydrogens (tertiary/aromatic N) is 2. The van der Waals surface area contributed by atoms with Crippen LogP contribution < -0.4 is 19.7 Å². The number of anilines is 2. The number of carbonyl (C=O) groups is 2. The molecule has 2 aliphatic heterocycles. The molecule has 9 nitrogen and oxygen atoms in total. The molecule has 0 spiro atoms. The molecule has 2 N–H and O–H groups in total. The summed E-state index contributed by atoms with van der Waals surface area (Å²) >= 11 is 0. The van der Waals surface area contributed by atoms with Crippen molar-refractivity contribution in [2.45, 2.75) is 17.7 Å². The van der Waals surface area contributed by atoms with Gasteiger partial charge >= 0.3 is 12.1 Å². The average Bonchev–Trinajstić information content (AvgIpc) is 3.19. The smallest absolute Gasteiger partial charge is 0.330 e. The molecule has 4 rings (SSSR count). The Morgan fingerprint density at radius 3 is 2.57 bits per heavy atom. The van der Waals surface area contributed by atoms with E-state index in [4.69, 9.17) is 4.74 Å². The summed E-state index contributed by atoms with van der Waals surface area (Å²) in [5.74, 6) is 0.583. The molecule has 4 amide bonds. The molecule has 0 radical (unpaired) electrons.